The minimum atomic E-state index is -1.06. The zero-order chi connectivity index (χ0) is 109. The van der Waals surface area contributed by atoms with Crippen molar-refractivity contribution in [2.24, 2.45) is 21.1 Å². The van der Waals surface area contributed by atoms with E-state index in [1.54, 1.807) is 99.0 Å². The highest BCUT2D eigenvalue weighted by atomic mass is 35.5. The number of ether oxygens (including phenoxy) is 9. The molecule has 0 spiro atoms. The number of rotatable bonds is 15. The molecule has 0 atom stereocenters. The van der Waals surface area contributed by atoms with Crippen molar-refractivity contribution in [3.63, 3.8) is 0 Å². The topological polar surface area (TPSA) is 554 Å². The van der Waals surface area contributed by atoms with E-state index in [0.717, 1.165) is 136 Å². The summed E-state index contributed by atoms with van der Waals surface area (Å²) in [6.07, 6.45) is 1.77. The van der Waals surface area contributed by atoms with Crippen LogP contribution in [0.25, 0.3) is 66.9 Å². The largest absolute Gasteiger partial charge is 0.519 e. The highest BCUT2D eigenvalue weighted by Gasteiger charge is 2.28. The van der Waals surface area contributed by atoms with Crippen LogP contribution in [0.1, 0.15) is 104 Å². The van der Waals surface area contributed by atoms with Crippen LogP contribution in [-0.2, 0) is 63.8 Å². The molecule has 3 saturated heterocycles. The molecule has 44 nitrogen and oxygen atoms in total. The third-order valence-electron chi connectivity index (χ3n) is 20.4. The predicted octanol–water partition coefficient (Wildman–Crippen LogP) is 20.3. The first kappa shape index (κ1) is 117. The molecule has 0 aliphatic carbocycles. The van der Waals surface area contributed by atoms with Gasteiger partial charge < -0.3 is 104 Å². The van der Waals surface area contributed by atoms with Crippen LogP contribution in [0.15, 0.2) is 213 Å². The second-order valence-electron chi connectivity index (χ2n) is 38.4. The van der Waals surface area contributed by atoms with Gasteiger partial charge in [0, 0.05) is 172 Å². The summed E-state index contributed by atoms with van der Waals surface area (Å²) in [5.74, 6) is 3.40. The number of aromatic nitrogens is 12. The van der Waals surface area contributed by atoms with Gasteiger partial charge in [0.15, 0.2) is 0 Å². The molecule has 8 aromatic carbocycles. The number of nitrogen functional groups attached to an aromatic ring is 3. The van der Waals surface area contributed by atoms with Crippen molar-refractivity contribution < 1.29 is 81.6 Å². The standard InChI is InChI=1S/C27H31N7O3.C22H23N7O.C16H16ClN5O.C11H14N2O4.C11H16N2O2.C10H18O5.C6H6N2O2.CH4O.ClH/c1-27(2,3)37-26(35)30-20-8-6-19(7-9-20)29-24-16-22(31-25(32-24)34-11-13-36-14-12-34)18-5-10-21-23(15-18)33(4)17-28-21;1-28-14-24-18-7-2-15(12-20(18)28)19-13-21(25-17-5-3-16(23)4-6-17)27-22(26-19)29-8-10-30-11-9-29;1-21-10-18-12-3-2-11(8-14(12)21)13-9-15(17)20-16(19-13)22-4-6-23-7-5-22;1-11(2,3)17-10(14)12-8-4-6-9(7-5-8)13(15)16;1-11(2,3)15-10(14)13-9-6-4-8(12)5-7-9;1-9(2,3)14-7(11)13-8(12)15-10(4,5)6;7-5-1-3-6(4-2-5)8(9)10;1-2;/h5-10,15-17H,11-14H2,1-4H3,(H,30,35)(H,29,31,32);2-7,12-14H,8-11,23H2,1H3,(H,25,26,27);2-3,8-10H,4-7H2,1H3;4-7H,1-3H3,(H,12,14);4-7H,12H2,1-3H3,(H,13,14);1-6H3;1-4H,7H2;2H,1H3;1H. The molecule has 0 saturated carbocycles. The number of fused-ring (bicyclic) bond motifs is 3. The molecule has 12 N–H and O–H groups in total. The average molecular weight is 2100 g/mol. The lowest BCUT2D eigenvalue weighted by atomic mass is 10.1. The van der Waals surface area contributed by atoms with Crippen LogP contribution in [0.4, 0.5) is 110 Å². The molecule has 0 bridgehead atoms. The van der Waals surface area contributed by atoms with Crippen molar-refractivity contribution >= 4 is 174 Å². The molecule has 0 radical (unpaired) electrons. The first-order chi connectivity index (χ1) is 70.4. The zero-order valence-electron chi connectivity index (χ0n) is 87.1. The minimum Gasteiger partial charge on any atom is -0.444 e. The fourth-order valence-electron chi connectivity index (χ4n) is 13.6. The number of imidazole rings is 3. The molecule has 6 aromatic heterocycles. The normalized spacial score (nSPS) is 12.8. The molecule has 17 rings (SSSR count). The highest BCUT2D eigenvalue weighted by molar-refractivity contribution is 6.29. The number of non-ortho nitro benzene ring substituents is 2. The maximum absolute atomic E-state index is 12.1. The third-order valence-corrected chi connectivity index (χ3v) is 20.6. The van der Waals surface area contributed by atoms with Gasteiger partial charge in [0.05, 0.1) is 119 Å². The molecule has 3 fully saturated rings. The number of hydrogen-bond donors (Lipinski definition) is 9. The van der Waals surface area contributed by atoms with Crippen molar-refractivity contribution in [3.8, 4) is 33.8 Å². The molecule has 9 heterocycles. The number of aliphatic hydroxyl groups is 1. The van der Waals surface area contributed by atoms with Gasteiger partial charge in [-0.1, -0.05) is 29.8 Å². The first-order valence-corrected chi connectivity index (χ1v) is 47.5. The van der Waals surface area contributed by atoms with Crippen LogP contribution in [-0.4, -0.2) is 218 Å². The summed E-state index contributed by atoms with van der Waals surface area (Å²) in [7, 11) is 6.95. The van der Waals surface area contributed by atoms with Gasteiger partial charge in [-0.2, -0.15) is 9.97 Å². The van der Waals surface area contributed by atoms with Crippen molar-refractivity contribution in [2.45, 2.75) is 132 Å². The van der Waals surface area contributed by atoms with Crippen molar-refractivity contribution in [3.05, 3.63) is 238 Å². The van der Waals surface area contributed by atoms with Gasteiger partial charge in [-0.15, -0.1) is 12.4 Å². The molecule has 150 heavy (non-hydrogen) atoms. The quantitative estimate of drug-likeness (QED) is 0.00875. The number of nitrogens with zero attached hydrogens (tertiary/aromatic N) is 17. The SMILES string of the molecule is CC(C)(C)OC(=O)Nc1ccc(N)cc1.CC(C)(C)OC(=O)Nc1ccc([N+](=O)[O-])cc1.CC(C)(C)OC(=O)OC(=O)OC(C)(C)C.CO.Cl.Cn1cnc2ccc(-c3cc(Cl)nc(N4CCOCC4)n3)cc21.Cn1cnc2ccc(-c3cc(Nc4ccc(N)cc4)nc(N4CCOCC4)n3)cc21.Cn1cnc2ccc(-c3cc(Nc4ccc(NC(=O)OC(C)(C)C)cc4)nc(N4CCOCC4)n3)cc21.Nc1ccc([N+](=O)[O-])cc1. The zero-order valence-corrected chi connectivity index (χ0v) is 88.7. The summed E-state index contributed by atoms with van der Waals surface area (Å²) in [5, 5.41) is 42.5. The Morgan fingerprint density at radius 1 is 0.360 bits per heavy atom. The third kappa shape index (κ3) is 38.8. The Balaban J connectivity index is 0.000000201. The predicted molar refractivity (Wildman–Crippen MR) is 583 cm³/mol. The Bertz CT molecular complexity index is 6810. The van der Waals surface area contributed by atoms with Gasteiger partial charge in [-0.3, -0.25) is 36.2 Å². The second-order valence-corrected chi connectivity index (χ2v) is 38.8. The molecular weight excluding hydrogens is 1970 g/mol. The maximum atomic E-state index is 12.1. The Hall–Kier alpha value is -16.4. The van der Waals surface area contributed by atoms with E-state index < -0.39 is 68.4 Å². The van der Waals surface area contributed by atoms with Crippen LogP contribution >= 0.6 is 24.0 Å². The number of nitrogens with two attached hydrogens (primary N) is 3. The monoisotopic (exact) mass is 2100 g/mol. The number of morpholine rings is 3. The summed E-state index contributed by atoms with van der Waals surface area (Å²) in [4.78, 5) is 124. The molecular formula is C104H129Cl2N25O19. The number of benzene rings is 8. The number of anilines is 13. The number of carbonyl (C=O) groups excluding carboxylic acids is 5. The van der Waals surface area contributed by atoms with E-state index in [1.807, 2.05) is 186 Å². The van der Waals surface area contributed by atoms with Gasteiger partial charge in [0.1, 0.15) is 44.8 Å². The first-order valence-electron chi connectivity index (χ1n) is 47.2. The highest BCUT2D eigenvalue weighted by Crippen LogP contribution is 2.34. The summed E-state index contributed by atoms with van der Waals surface area (Å²) in [5.41, 5.74) is 30.6. The number of halogens is 2. The Kier molecular flexibility index (Phi) is 42.0. The summed E-state index contributed by atoms with van der Waals surface area (Å²) < 4.78 is 51.6. The van der Waals surface area contributed by atoms with Gasteiger partial charge in [0.2, 0.25) is 17.8 Å². The van der Waals surface area contributed by atoms with Crippen LogP contribution in [0.2, 0.25) is 5.15 Å². The Morgan fingerprint density at radius 2 is 0.613 bits per heavy atom. The fraction of sp³-hybridized carbons (Fsp3) is 0.346. The lowest BCUT2D eigenvalue weighted by Gasteiger charge is -2.27. The van der Waals surface area contributed by atoms with Crippen LogP contribution in [0, 0.1) is 20.2 Å². The molecule has 46 heteroatoms. The van der Waals surface area contributed by atoms with Crippen LogP contribution in [0.5, 0.6) is 0 Å². The number of nitrogens with one attached hydrogen (secondary N) is 5. The van der Waals surface area contributed by atoms with E-state index in [9.17, 15) is 44.2 Å². The number of nitro benzene ring substituents is 2. The Morgan fingerprint density at radius 3 is 0.907 bits per heavy atom. The van der Waals surface area contributed by atoms with Crippen LogP contribution < -0.4 is 58.5 Å². The summed E-state index contributed by atoms with van der Waals surface area (Å²) in [6.45, 7) is 34.8. The van der Waals surface area contributed by atoms with E-state index in [0.29, 0.717) is 96.9 Å². The smallest absolute Gasteiger partial charge is 0.444 e. The number of carbonyl (C=O) groups is 5. The molecule has 14 aromatic rings. The van der Waals surface area contributed by atoms with E-state index in [2.05, 4.69) is 84.2 Å². The van der Waals surface area contributed by atoms with Crippen molar-refractivity contribution in [1.82, 2.24) is 58.6 Å². The molecule has 0 unspecified atom stereocenters. The lowest BCUT2D eigenvalue weighted by Crippen LogP contribution is -2.37. The second kappa shape index (κ2) is 53.8. The number of amides is 3. The summed E-state index contributed by atoms with van der Waals surface area (Å²) >= 11 is 6.22. The van der Waals surface area contributed by atoms with Crippen LogP contribution in [0.3, 0.4) is 0 Å². The summed E-state index contributed by atoms with van der Waals surface area (Å²) in [6, 6.07) is 57.2. The number of aryl methyl sites for hydroxylation is 3. The number of aliphatic hydroxyl groups excluding tert-OH is 1. The fourth-order valence-corrected chi connectivity index (χ4v) is 13.8. The minimum absolute atomic E-state index is 0. The van der Waals surface area contributed by atoms with Gasteiger partial charge in [0.25, 0.3) is 11.4 Å². The van der Waals surface area contributed by atoms with E-state index in [4.69, 9.17) is 96.7 Å². The van der Waals surface area contributed by atoms with Crippen molar-refractivity contribution in [2.75, 3.05) is 145 Å². The molecule has 798 valence electrons. The van der Waals surface area contributed by atoms with E-state index >= 15 is 0 Å². The number of hydrogen-bond acceptors (Lipinski definition) is 36. The van der Waals surface area contributed by atoms with Gasteiger partial charge >= 0.3 is 30.6 Å². The van der Waals surface area contributed by atoms with Gasteiger partial charge in [-0.05, 0) is 237 Å². The number of nitro groups is 2. The van der Waals surface area contributed by atoms with E-state index in [-0.39, 0.29) is 23.8 Å². The molecule has 3 aliphatic heterocycles. The lowest BCUT2D eigenvalue weighted by molar-refractivity contribution is -0.385. The molecule has 3 aliphatic rings. The molecule has 3 amide bonds. The Labute approximate surface area is 879 Å². The van der Waals surface area contributed by atoms with Crippen molar-refractivity contribution in [1.29, 1.82) is 0 Å². The average Bonchev–Trinajstić information content (AvgIpc) is 1.62. The van der Waals surface area contributed by atoms with Gasteiger partial charge in [-0.25, -0.2) is 58.9 Å². The maximum Gasteiger partial charge on any atom is 0.519 e. The van der Waals surface area contributed by atoms with E-state index in [1.165, 1.54) is 48.5 Å².